The number of ether oxygens (including phenoxy) is 1. The van der Waals surface area contributed by atoms with E-state index in [0.29, 0.717) is 12.0 Å². The van der Waals surface area contributed by atoms with E-state index in [1.54, 1.807) is 6.07 Å². The molecule has 1 aliphatic rings. The van der Waals surface area contributed by atoms with Crippen LogP contribution in [0.3, 0.4) is 0 Å². The van der Waals surface area contributed by atoms with Crippen LogP contribution in [0, 0.1) is 23.2 Å². The number of hydrogen-bond acceptors (Lipinski definition) is 5. The van der Waals surface area contributed by atoms with E-state index < -0.39 is 17.2 Å². The lowest BCUT2D eigenvalue weighted by molar-refractivity contribution is 0.0342. The molecule has 166 valence electrons. The van der Waals surface area contributed by atoms with E-state index in [1.165, 1.54) is 11.8 Å². The molecule has 4 rings (SSSR count). The summed E-state index contributed by atoms with van der Waals surface area (Å²) in [5.74, 6) is 5.36. The van der Waals surface area contributed by atoms with Crippen molar-refractivity contribution < 1.29 is 9.84 Å². The number of nitriles is 1. The first-order valence-electron chi connectivity index (χ1n) is 10.9. The lowest BCUT2D eigenvalue weighted by Crippen LogP contribution is -2.35. The maximum atomic E-state index is 11.6. The molecule has 1 aromatic heterocycles. The van der Waals surface area contributed by atoms with Crippen molar-refractivity contribution in [3.8, 4) is 23.7 Å². The second kappa shape index (κ2) is 10.7. The Morgan fingerprint density at radius 3 is 2.18 bits per heavy atom. The van der Waals surface area contributed by atoms with Crippen LogP contribution in [-0.2, 0) is 17.7 Å². The lowest BCUT2D eigenvalue weighted by Gasteiger charge is -2.26. The second-order valence-corrected chi connectivity index (χ2v) is 8.03. The van der Waals surface area contributed by atoms with E-state index in [9.17, 15) is 15.2 Å². The standard InChI is InChI=1S/C27H25N3O3/c28-18-24(25-11-12-29-27(32)26(25)31)17-22-7-3-20(4-8-22)1-2-21-5-9-23(10-6-21)19-30-13-15-33-16-14-30/h3-12,24,31H,13-17,19H2,(H,29,32). The van der Waals surface area contributed by atoms with Gasteiger partial charge in [-0.1, -0.05) is 36.1 Å². The summed E-state index contributed by atoms with van der Waals surface area (Å²) in [5, 5.41) is 19.5. The zero-order valence-corrected chi connectivity index (χ0v) is 18.3. The average Bonchev–Trinajstić information content (AvgIpc) is 2.85. The first-order valence-corrected chi connectivity index (χ1v) is 10.9. The molecular weight excluding hydrogens is 414 g/mol. The normalized spacial score (nSPS) is 14.6. The van der Waals surface area contributed by atoms with Gasteiger partial charge < -0.3 is 14.8 Å². The van der Waals surface area contributed by atoms with Crippen molar-refractivity contribution in [3.63, 3.8) is 0 Å². The van der Waals surface area contributed by atoms with Crippen LogP contribution in [-0.4, -0.2) is 41.3 Å². The molecule has 0 spiro atoms. The zero-order valence-electron chi connectivity index (χ0n) is 18.3. The summed E-state index contributed by atoms with van der Waals surface area (Å²) in [4.78, 5) is 16.4. The van der Waals surface area contributed by atoms with Crippen LogP contribution in [0.2, 0.25) is 0 Å². The Hall–Kier alpha value is -3.84. The molecule has 0 saturated carbocycles. The summed E-state index contributed by atoms with van der Waals surface area (Å²) in [7, 11) is 0. The van der Waals surface area contributed by atoms with Crippen molar-refractivity contribution in [2.75, 3.05) is 26.3 Å². The Morgan fingerprint density at radius 2 is 1.58 bits per heavy atom. The van der Waals surface area contributed by atoms with Gasteiger partial charge in [0.2, 0.25) is 0 Å². The van der Waals surface area contributed by atoms with Crippen LogP contribution in [0.1, 0.15) is 33.7 Å². The van der Waals surface area contributed by atoms with E-state index in [4.69, 9.17) is 4.74 Å². The Kier molecular flexibility index (Phi) is 7.22. The number of morpholine rings is 1. The maximum Gasteiger partial charge on any atom is 0.290 e. The minimum atomic E-state index is -0.611. The van der Waals surface area contributed by atoms with Gasteiger partial charge in [-0.25, -0.2) is 0 Å². The second-order valence-electron chi connectivity index (χ2n) is 8.03. The molecule has 6 heteroatoms. The van der Waals surface area contributed by atoms with Crippen molar-refractivity contribution in [2.45, 2.75) is 18.9 Å². The molecule has 0 amide bonds. The lowest BCUT2D eigenvalue weighted by atomic mass is 9.93. The number of aromatic amines is 1. The smallest absolute Gasteiger partial charge is 0.290 e. The van der Waals surface area contributed by atoms with Gasteiger partial charge in [-0.15, -0.1) is 0 Å². The number of nitrogens with one attached hydrogen (secondary N) is 1. The summed E-state index contributed by atoms with van der Waals surface area (Å²) in [6.45, 7) is 4.47. The van der Waals surface area contributed by atoms with Gasteiger partial charge in [-0.2, -0.15) is 5.26 Å². The summed E-state index contributed by atoms with van der Waals surface area (Å²) < 4.78 is 5.39. The van der Waals surface area contributed by atoms with Gasteiger partial charge >= 0.3 is 0 Å². The van der Waals surface area contributed by atoms with Gasteiger partial charge in [-0.3, -0.25) is 9.69 Å². The first kappa shape index (κ1) is 22.4. The fourth-order valence-corrected chi connectivity index (χ4v) is 3.81. The minimum Gasteiger partial charge on any atom is -0.503 e. The third-order valence-corrected chi connectivity index (χ3v) is 5.71. The fraction of sp³-hybridized carbons (Fsp3) is 0.259. The molecule has 0 bridgehead atoms. The van der Waals surface area contributed by atoms with Crippen molar-refractivity contribution in [1.29, 1.82) is 5.26 Å². The highest BCUT2D eigenvalue weighted by Crippen LogP contribution is 2.25. The van der Waals surface area contributed by atoms with Gasteiger partial charge in [-0.05, 0) is 47.9 Å². The SMILES string of the molecule is N#CC(Cc1ccc(C#Cc2ccc(CN3CCOCC3)cc2)cc1)c1cc[nH]c(=O)c1O. The predicted octanol–water partition coefficient (Wildman–Crippen LogP) is 3.16. The number of rotatable bonds is 5. The third kappa shape index (κ3) is 5.90. The maximum absolute atomic E-state index is 11.6. The Bertz CT molecular complexity index is 1240. The molecule has 2 N–H and O–H groups in total. The number of nitrogens with zero attached hydrogens (tertiary/aromatic N) is 2. The van der Waals surface area contributed by atoms with E-state index in [0.717, 1.165) is 49.5 Å². The third-order valence-electron chi connectivity index (χ3n) is 5.71. The molecule has 1 aliphatic heterocycles. The van der Waals surface area contributed by atoms with Crippen LogP contribution in [0.4, 0.5) is 0 Å². The van der Waals surface area contributed by atoms with Crippen LogP contribution < -0.4 is 5.56 Å². The molecule has 1 saturated heterocycles. The fourth-order valence-electron chi connectivity index (χ4n) is 3.81. The summed E-state index contributed by atoms with van der Waals surface area (Å²) in [6.07, 6.45) is 1.83. The van der Waals surface area contributed by atoms with Gasteiger partial charge in [0.05, 0.1) is 25.2 Å². The van der Waals surface area contributed by atoms with Gasteiger partial charge in [0, 0.05) is 42.5 Å². The van der Waals surface area contributed by atoms with Crippen molar-refractivity contribution in [3.05, 3.63) is 99.0 Å². The zero-order chi connectivity index (χ0) is 23.0. The largest absolute Gasteiger partial charge is 0.503 e. The highest BCUT2D eigenvalue weighted by molar-refractivity contribution is 5.44. The van der Waals surface area contributed by atoms with Crippen LogP contribution in [0.15, 0.2) is 65.6 Å². The van der Waals surface area contributed by atoms with E-state index >= 15 is 0 Å². The van der Waals surface area contributed by atoms with Gasteiger partial charge in [0.25, 0.3) is 5.56 Å². The molecule has 0 radical (unpaired) electrons. The van der Waals surface area contributed by atoms with Gasteiger partial charge in [0.1, 0.15) is 0 Å². The highest BCUT2D eigenvalue weighted by atomic mass is 16.5. The molecule has 3 aromatic rings. The molecule has 33 heavy (non-hydrogen) atoms. The number of pyridine rings is 1. The van der Waals surface area contributed by atoms with Crippen LogP contribution in [0.5, 0.6) is 5.75 Å². The van der Waals surface area contributed by atoms with Crippen LogP contribution in [0.25, 0.3) is 0 Å². The number of hydrogen-bond donors (Lipinski definition) is 2. The minimum absolute atomic E-state index is 0.335. The Labute approximate surface area is 193 Å². The molecule has 2 heterocycles. The number of aromatic hydroxyl groups is 1. The molecule has 1 atom stereocenters. The highest BCUT2D eigenvalue weighted by Gasteiger charge is 2.17. The van der Waals surface area contributed by atoms with Gasteiger partial charge in [0.15, 0.2) is 5.75 Å². The number of aromatic nitrogens is 1. The van der Waals surface area contributed by atoms with Crippen molar-refractivity contribution in [2.24, 2.45) is 0 Å². The molecular formula is C27H25N3O3. The quantitative estimate of drug-likeness (QED) is 0.596. The Balaban J connectivity index is 1.38. The monoisotopic (exact) mass is 439 g/mol. The van der Waals surface area contributed by atoms with E-state index in [-0.39, 0.29) is 0 Å². The Morgan fingerprint density at radius 1 is 0.970 bits per heavy atom. The van der Waals surface area contributed by atoms with Crippen LogP contribution >= 0.6 is 0 Å². The van der Waals surface area contributed by atoms with E-state index in [2.05, 4.69) is 39.9 Å². The molecule has 1 fully saturated rings. The number of benzene rings is 2. The molecule has 6 nitrogen and oxygen atoms in total. The number of H-pyrrole nitrogens is 1. The molecule has 1 unspecified atom stereocenters. The summed E-state index contributed by atoms with van der Waals surface area (Å²) >= 11 is 0. The molecule has 0 aliphatic carbocycles. The predicted molar refractivity (Wildman–Crippen MR) is 126 cm³/mol. The molecule has 2 aromatic carbocycles. The topological polar surface area (TPSA) is 89.4 Å². The van der Waals surface area contributed by atoms with E-state index in [1.807, 2.05) is 36.4 Å². The summed E-state index contributed by atoms with van der Waals surface area (Å²) in [5.41, 5.74) is 3.78. The summed E-state index contributed by atoms with van der Waals surface area (Å²) in [6, 6.07) is 19.7. The average molecular weight is 440 g/mol. The first-order chi connectivity index (χ1) is 16.1. The van der Waals surface area contributed by atoms with Crippen molar-refractivity contribution >= 4 is 0 Å². The van der Waals surface area contributed by atoms with Crippen molar-refractivity contribution in [1.82, 2.24) is 9.88 Å².